The Hall–Kier alpha value is -1.55. The van der Waals surface area contributed by atoms with Crippen LogP contribution in [0.4, 0.5) is 0 Å². The van der Waals surface area contributed by atoms with Crippen molar-refractivity contribution >= 4 is 11.6 Å². The third kappa shape index (κ3) is 4.29. The van der Waals surface area contributed by atoms with Gasteiger partial charge in [0.2, 0.25) is 0 Å². The van der Waals surface area contributed by atoms with Crippen LogP contribution < -0.4 is 4.74 Å². The predicted octanol–water partition coefficient (Wildman–Crippen LogP) is 5.22. The highest BCUT2D eigenvalue weighted by Gasteiger charge is 2.21. The summed E-state index contributed by atoms with van der Waals surface area (Å²) in [7, 11) is 0. The second-order valence-electron chi connectivity index (χ2n) is 6.24. The van der Waals surface area contributed by atoms with E-state index in [-0.39, 0.29) is 6.10 Å². The van der Waals surface area contributed by atoms with Gasteiger partial charge in [-0.15, -0.1) is 0 Å². The van der Waals surface area contributed by atoms with Crippen LogP contribution in [0.25, 0.3) is 0 Å². The lowest BCUT2D eigenvalue weighted by molar-refractivity contribution is -0.0298. The zero-order valence-corrected chi connectivity index (χ0v) is 15.1. The molecule has 0 bridgehead atoms. The average molecular weight is 346 g/mol. The summed E-state index contributed by atoms with van der Waals surface area (Å²) in [6, 6.07) is 13.9. The predicted molar refractivity (Wildman–Crippen MR) is 98.1 cm³/mol. The monoisotopic (exact) mass is 345 g/mol. The Bertz CT molecular complexity index is 670. The fourth-order valence-corrected chi connectivity index (χ4v) is 3.11. The minimum atomic E-state index is 0.150. The first-order valence-corrected chi connectivity index (χ1v) is 8.91. The van der Waals surface area contributed by atoms with E-state index in [0.717, 1.165) is 48.3 Å². The second-order valence-corrected chi connectivity index (χ2v) is 6.65. The molecule has 1 saturated heterocycles. The molecule has 24 heavy (non-hydrogen) atoms. The summed E-state index contributed by atoms with van der Waals surface area (Å²) in [6.45, 7) is 8.12. The third-order valence-electron chi connectivity index (χ3n) is 4.31. The summed E-state index contributed by atoms with van der Waals surface area (Å²) in [6.07, 6.45) is 1.33. The summed E-state index contributed by atoms with van der Waals surface area (Å²) >= 11 is 6.05. The number of benzene rings is 2. The van der Waals surface area contributed by atoms with E-state index in [1.54, 1.807) is 0 Å². The molecule has 4 heteroatoms. The minimum absolute atomic E-state index is 0.150. The van der Waals surface area contributed by atoms with Crippen molar-refractivity contribution in [1.29, 1.82) is 0 Å². The molecule has 0 radical (unpaired) electrons. The van der Waals surface area contributed by atoms with E-state index in [4.69, 9.17) is 21.1 Å². The molecule has 128 valence electrons. The van der Waals surface area contributed by atoms with Gasteiger partial charge in [0, 0.05) is 18.1 Å². The first kappa shape index (κ1) is 17.3. The molecule has 0 N–H and O–H groups in total. The summed E-state index contributed by atoms with van der Waals surface area (Å²) in [5, 5.41) is 0.753. The van der Waals surface area contributed by atoms with Gasteiger partial charge in [-0.2, -0.15) is 0 Å². The van der Waals surface area contributed by atoms with Gasteiger partial charge in [0.15, 0.2) is 0 Å². The van der Waals surface area contributed by atoms with Crippen LogP contribution in [0, 0.1) is 6.92 Å². The van der Waals surface area contributed by atoms with Gasteiger partial charge >= 0.3 is 0 Å². The van der Waals surface area contributed by atoms with Gasteiger partial charge in [0.05, 0.1) is 12.7 Å². The maximum Gasteiger partial charge on any atom is 0.127 e. The zero-order chi connectivity index (χ0) is 16.9. The van der Waals surface area contributed by atoms with Crippen molar-refractivity contribution in [1.82, 2.24) is 4.90 Å². The summed E-state index contributed by atoms with van der Waals surface area (Å²) in [5.74, 6) is 1.62. The van der Waals surface area contributed by atoms with Crippen molar-refractivity contribution in [3.8, 4) is 11.5 Å². The molecule has 1 aliphatic rings. The maximum atomic E-state index is 6.05. The molecule has 3 rings (SSSR count). The molecular formula is C20H24ClNO2. The molecule has 1 heterocycles. The molecule has 0 aliphatic carbocycles. The van der Waals surface area contributed by atoms with Crippen LogP contribution in [0.5, 0.6) is 11.5 Å². The maximum absolute atomic E-state index is 6.05. The Morgan fingerprint density at radius 2 is 1.92 bits per heavy atom. The third-order valence-corrected chi connectivity index (χ3v) is 4.73. The number of hydrogen-bond acceptors (Lipinski definition) is 3. The highest BCUT2D eigenvalue weighted by molar-refractivity contribution is 6.31. The fourth-order valence-electron chi connectivity index (χ4n) is 2.99. The van der Waals surface area contributed by atoms with E-state index in [2.05, 4.69) is 24.0 Å². The van der Waals surface area contributed by atoms with Gasteiger partial charge in [-0.1, -0.05) is 30.7 Å². The quantitative estimate of drug-likeness (QED) is 0.741. The normalized spacial score (nSPS) is 18.5. The van der Waals surface area contributed by atoms with E-state index in [1.165, 1.54) is 12.0 Å². The molecule has 1 atom stereocenters. The lowest BCUT2D eigenvalue weighted by Crippen LogP contribution is -2.38. The van der Waals surface area contributed by atoms with Crippen molar-refractivity contribution in [2.75, 3.05) is 26.2 Å². The fraction of sp³-hybridized carbons (Fsp3) is 0.400. The summed E-state index contributed by atoms with van der Waals surface area (Å²) < 4.78 is 11.8. The molecule has 0 amide bonds. The molecule has 0 aromatic heterocycles. The number of rotatable bonds is 5. The van der Waals surface area contributed by atoms with Gasteiger partial charge in [0.1, 0.15) is 11.5 Å². The van der Waals surface area contributed by atoms with Gasteiger partial charge in [-0.05, 0) is 61.3 Å². The van der Waals surface area contributed by atoms with Crippen LogP contribution in [0.1, 0.15) is 30.6 Å². The van der Waals surface area contributed by atoms with Crippen LogP contribution in [0.15, 0.2) is 42.5 Å². The van der Waals surface area contributed by atoms with Gasteiger partial charge in [0.25, 0.3) is 0 Å². The first-order chi connectivity index (χ1) is 11.7. The standard InChI is InChI=1S/C20H24ClNO2/c1-3-10-22-11-12-23-20(14-22)16-4-6-17(7-5-16)24-18-8-9-19(21)15(2)13-18/h4-9,13,20H,3,10-12,14H2,1-2H3. The molecular weight excluding hydrogens is 322 g/mol. The van der Waals surface area contributed by atoms with E-state index >= 15 is 0 Å². The summed E-state index contributed by atoms with van der Waals surface area (Å²) in [5.41, 5.74) is 2.22. The molecule has 1 fully saturated rings. The van der Waals surface area contributed by atoms with Gasteiger partial charge in [-0.25, -0.2) is 0 Å². The second kappa shape index (κ2) is 8.02. The van der Waals surface area contributed by atoms with Crippen LogP contribution >= 0.6 is 11.6 Å². The molecule has 0 spiro atoms. The summed E-state index contributed by atoms with van der Waals surface area (Å²) in [4.78, 5) is 2.47. The lowest BCUT2D eigenvalue weighted by atomic mass is 10.1. The molecule has 2 aromatic rings. The Morgan fingerprint density at radius 3 is 2.62 bits per heavy atom. The zero-order valence-electron chi connectivity index (χ0n) is 14.3. The smallest absolute Gasteiger partial charge is 0.127 e. The van der Waals surface area contributed by atoms with E-state index in [0.29, 0.717) is 0 Å². The molecule has 3 nitrogen and oxygen atoms in total. The Morgan fingerprint density at radius 1 is 1.17 bits per heavy atom. The van der Waals surface area contributed by atoms with Crippen molar-refractivity contribution < 1.29 is 9.47 Å². The number of nitrogens with zero attached hydrogens (tertiary/aromatic N) is 1. The van der Waals surface area contributed by atoms with Crippen LogP contribution in [0.2, 0.25) is 5.02 Å². The average Bonchev–Trinajstić information content (AvgIpc) is 2.59. The molecule has 2 aromatic carbocycles. The highest BCUT2D eigenvalue weighted by atomic mass is 35.5. The van der Waals surface area contributed by atoms with Crippen LogP contribution in [-0.4, -0.2) is 31.1 Å². The van der Waals surface area contributed by atoms with E-state index < -0.39 is 0 Å². The van der Waals surface area contributed by atoms with Crippen molar-refractivity contribution in [2.24, 2.45) is 0 Å². The van der Waals surface area contributed by atoms with E-state index in [9.17, 15) is 0 Å². The van der Waals surface area contributed by atoms with Gasteiger partial charge in [-0.3, -0.25) is 4.90 Å². The van der Waals surface area contributed by atoms with E-state index in [1.807, 2.05) is 37.3 Å². The molecule has 0 saturated carbocycles. The van der Waals surface area contributed by atoms with Crippen molar-refractivity contribution in [3.63, 3.8) is 0 Å². The van der Waals surface area contributed by atoms with Crippen LogP contribution in [-0.2, 0) is 4.74 Å². The van der Waals surface area contributed by atoms with Crippen molar-refractivity contribution in [3.05, 3.63) is 58.6 Å². The number of morpholine rings is 1. The largest absolute Gasteiger partial charge is 0.457 e. The number of aryl methyl sites for hydroxylation is 1. The van der Waals surface area contributed by atoms with Crippen molar-refractivity contribution in [2.45, 2.75) is 26.4 Å². The van der Waals surface area contributed by atoms with Crippen LogP contribution in [0.3, 0.4) is 0 Å². The molecule has 1 aliphatic heterocycles. The number of hydrogen-bond donors (Lipinski definition) is 0. The first-order valence-electron chi connectivity index (χ1n) is 8.53. The number of halogens is 1. The molecule has 1 unspecified atom stereocenters. The Balaban J connectivity index is 1.65. The lowest BCUT2D eigenvalue weighted by Gasteiger charge is -2.33. The highest BCUT2D eigenvalue weighted by Crippen LogP contribution is 2.28. The number of ether oxygens (including phenoxy) is 2. The van der Waals surface area contributed by atoms with Gasteiger partial charge < -0.3 is 9.47 Å². The SMILES string of the molecule is CCCN1CCOC(c2ccc(Oc3ccc(Cl)c(C)c3)cc2)C1. The Labute approximate surface area is 149 Å². The minimum Gasteiger partial charge on any atom is -0.457 e. The Kier molecular flexibility index (Phi) is 5.77. The topological polar surface area (TPSA) is 21.7 Å².